The molecule has 4 rings (SSSR count). The molecule has 0 saturated heterocycles. The highest BCUT2D eigenvalue weighted by Crippen LogP contribution is 2.25. The van der Waals surface area contributed by atoms with Gasteiger partial charge < -0.3 is 14.8 Å². The van der Waals surface area contributed by atoms with Gasteiger partial charge in [0.25, 0.3) is 0 Å². The minimum Gasteiger partial charge on any atom is -0.478 e. The Labute approximate surface area is 191 Å². The van der Waals surface area contributed by atoms with Crippen LogP contribution in [-0.4, -0.2) is 32.9 Å². The monoisotopic (exact) mass is 438 g/mol. The SMILES string of the molecule is Cc1cc(C=Nc2ccc(-c3ccccc3)cc2)c(C)n1-c1cc(C(=O)O)cc(C(=O)O)c1. The lowest BCUT2D eigenvalue weighted by molar-refractivity contribution is 0.0696. The molecule has 0 atom stereocenters. The number of aromatic carboxylic acids is 2. The molecule has 33 heavy (non-hydrogen) atoms. The van der Waals surface area contributed by atoms with E-state index in [0.717, 1.165) is 39.8 Å². The number of carboxylic acids is 2. The van der Waals surface area contributed by atoms with Gasteiger partial charge in [0.2, 0.25) is 0 Å². The highest BCUT2D eigenvalue weighted by Gasteiger charge is 2.16. The van der Waals surface area contributed by atoms with Crippen molar-refractivity contribution >= 4 is 23.8 Å². The maximum Gasteiger partial charge on any atom is 0.335 e. The van der Waals surface area contributed by atoms with E-state index in [4.69, 9.17) is 0 Å². The molecule has 0 amide bonds. The van der Waals surface area contributed by atoms with E-state index in [9.17, 15) is 19.8 Å². The average molecular weight is 438 g/mol. The van der Waals surface area contributed by atoms with Crippen LogP contribution in [0.25, 0.3) is 16.8 Å². The van der Waals surface area contributed by atoms with Crippen molar-refractivity contribution in [3.05, 3.63) is 107 Å². The van der Waals surface area contributed by atoms with Crippen LogP contribution in [0, 0.1) is 13.8 Å². The summed E-state index contributed by atoms with van der Waals surface area (Å²) in [4.78, 5) is 27.6. The molecular weight excluding hydrogens is 416 g/mol. The van der Waals surface area contributed by atoms with Crippen LogP contribution in [0.15, 0.2) is 83.9 Å². The van der Waals surface area contributed by atoms with Gasteiger partial charge in [-0.2, -0.15) is 0 Å². The quantitative estimate of drug-likeness (QED) is 0.366. The van der Waals surface area contributed by atoms with E-state index < -0.39 is 11.9 Å². The molecule has 1 aromatic heterocycles. The maximum atomic E-state index is 11.5. The standard InChI is InChI=1S/C27H22N2O4/c1-17-12-23(16-28-24-10-8-20(9-11-24)19-6-4-3-5-7-19)18(2)29(17)25-14-21(26(30)31)13-22(15-25)27(32)33/h3-16H,1-2H3,(H,30,31)(H,32,33). The van der Waals surface area contributed by atoms with Gasteiger partial charge in [-0.1, -0.05) is 42.5 Å². The van der Waals surface area contributed by atoms with Crippen LogP contribution in [0.5, 0.6) is 0 Å². The van der Waals surface area contributed by atoms with Gasteiger partial charge in [-0.3, -0.25) is 4.99 Å². The molecule has 0 bridgehead atoms. The molecule has 0 aliphatic rings. The van der Waals surface area contributed by atoms with Crippen LogP contribution in [0.4, 0.5) is 5.69 Å². The Hall–Kier alpha value is -4.45. The lowest BCUT2D eigenvalue weighted by atomic mass is 10.1. The topological polar surface area (TPSA) is 91.9 Å². The number of hydrogen-bond acceptors (Lipinski definition) is 3. The third kappa shape index (κ3) is 4.60. The Morgan fingerprint density at radius 1 is 0.788 bits per heavy atom. The number of carboxylic acid groups (broad SMARTS) is 2. The fourth-order valence-electron chi connectivity index (χ4n) is 3.82. The summed E-state index contributed by atoms with van der Waals surface area (Å²) in [5.41, 5.74) is 5.91. The lowest BCUT2D eigenvalue weighted by Gasteiger charge is -2.12. The summed E-state index contributed by atoms with van der Waals surface area (Å²) in [5, 5.41) is 18.8. The first-order chi connectivity index (χ1) is 15.8. The molecule has 0 radical (unpaired) electrons. The summed E-state index contributed by atoms with van der Waals surface area (Å²) < 4.78 is 1.83. The molecule has 0 saturated carbocycles. The molecule has 6 nitrogen and oxygen atoms in total. The maximum absolute atomic E-state index is 11.5. The van der Waals surface area contributed by atoms with Crippen LogP contribution in [0.1, 0.15) is 37.7 Å². The van der Waals surface area contributed by atoms with Crippen LogP contribution in [0.2, 0.25) is 0 Å². The molecule has 3 aromatic carbocycles. The van der Waals surface area contributed by atoms with E-state index in [1.807, 2.05) is 66.9 Å². The molecular formula is C27H22N2O4. The van der Waals surface area contributed by atoms with Crippen LogP contribution in [0.3, 0.4) is 0 Å². The molecule has 0 aliphatic heterocycles. The molecule has 0 unspecified atom stereocenters. The van der Waals surface area contributed by atoms with Crippen molar-refractivity contribution in [2.45, 2.75) is 13.8 Å². The summed E-state index contributed by atoms with van der Waals surface area (Å²) in [5.74, 6) is -2.36. The van der Waals surface area contributed by atoms with E-state index >= 15 is 0 Å². The van der Waals surface area contributed by atoms with Crippen molar-refractivity contribution in [2.24, 2.45) is 4.99 Å². The first kappa shape index (κ1) is 21.8. The van der Waals surface area contributed by atoms with E-state index in [-0.39, 0.29) is 11.1 Å². The van der Waals surface area contributed by atoms with Crippen molar-refractivity contribution in [3.63, 3.8) is 0 Å². The number of aryl methyl sites for hydroxylation is 1. The van der Waals surface area contributed by atoms with E-state index in [0.29, 0.717) is 5.69 Å². The zero-order chi connectivity index (χ0) is 23.5. The second-order valence-electron chi connectivity index (χ2n) is 7.71. The number of hydrogen-bond donors (Lipinski definition) is 2. The van der Waals surface area contributed by atoms with Gasteiger partial charge in [-0.25, -0.2) is 9.59 Å². The third-order valence-electron chi connectivity index (χ3n) is 5.47. The van der Waals surface area contributed by atoms with Crippen molar-refractivity contribution in [3.8, 4) is 16.8 Å². The van der Waals surface area contributed by atoms with Gasteiger partial charge >= 0.3 is 11.9 Å². The molecule has 0 spiro atoms. The highest BCUT2D eigenvalue weighted by molar-refractivity contribution is 5.95. The molecule has 164 valence electrons. The van der Waals surface area contributed by atoms with Crippen molar-refractivity contribution < 1.29 is 19.8 Å². The summed E-state index contributed by atoms with van der Waals surface area (Å²) in [6, 6.07) is 24.1. The summed E-state index contributed by atoms with van der Waals surface area (Å²) >= 11 is 0. The van der Waals surface area contributed by atoms with Gasteiger partial charge in [-0.05, 0) is 61.4 Å². The van der Waals surface area contributed by atoms with Gasteiger partial charge in [0.05, 0.1) is 16.8 Å². The van der Waals surface area contributed by atoms with Gasteiger partial charge in [-0.15, -0.1) is 0 Å². The number of aromatic nitrogens is 1. The second-order valence-corrected chi connectivity index (χ2v) is 7.71. The van der Waals surface area contributed by atoms with Crippen LogP contribution >= 0.6 is 0 Å². The van der Waals surface area contributed by atoms with Gasteiger partial charge in [0, 0.05) is 28.9 Å². The molecule has 0 aliphatic carbocycles. The number of carbonyl (C=O) groups is 2. The van der Waals surface area contributed by atoms with E-state index in [2.05, 4.69) is 17.1 Å². The minimum absolute atomic E-state index is 0.0777. The first-order valence-electron chi connectivity index (χ1n) is 10.3. The predicted octanol–water partition coefficient (Wildman–Crippen LogP) is 5.91. The number of benzene rings is 3. The zero-order valence-electron chi connectivity index (χ0n) is 18.2. The average Bonchev–Trinajstić information content (AvgIpc) is 3.11. The minimum atomic E-state index is -1.18. The van der Waals surface area contributed by atoms with Crippen LogP contribution < -0.4 is 0 Å². The number of aliphatic imine (C=N–C) groups is 1. The molecule has 4 aromatic rings. The molecule has 1 heterocycles. The third-order valence-corrected chi connectivity index (χ3v) is 5.47. The van der Waals surface area contributed by atoms with Gasteiger partial charge in [0.1, 0.15) is 0 Å². The van der Waals surface area contributed by atoms with Crippen molar-refractivity contribution in [1.29, 1.82) is 0 Å². The molecule has 0 fully saturated rings. The Kier molecular flexibility index (Phi) is 5.91. The number of rotatable bonds is 6. The van der Waals surface area contributed by atoms with E-state index in [1.165, 1.54) is 12.1 Å². The molecule has 6 heteroatoms. The summed E-state index contributed by atoms with van der Waals surface area (Å²) in [6.07, 6.45) is 1.76. The fourth-order valence-corrected chi connectivity index (χ4v) is 3.82. The largest absolute Gasteiger partial charge is 0.478 e. The van der Waals surface area contributed by atoms with Crippen molar-refractivity contribution in [1.82, 2.24) is 4.57 Å². The fraction of sp³-hybridized carbons (Fsp3) is 0.0741. The zero-order valence-corrected chi connectivity index (χ0v) is 18.2. The predicted molar refractivity (Wildman–Crippen MR) is 128 cm³/mol. The van der Waals surface area contributed by atoms with E-state index in [1.54, 1.807) is 6.21 Å². The Bertz CT molecular complexity index is 1340. The Morgan fingerprint density at radius 3 is 1.94 bits per heavy atom. The van der Waals surface area contributed by atoms with Crippen LogP contribution in [-0.2, 0) is 0 Å². The number of nitrogens with zero attached hydrogens (tertiary/aromatic N) is 2. The Morgan fingerprint density at radius 2 is 1.36 bits per heavy atom. The lowest BCUT2D eigenvalue weighted by Crippen LogP contribution is -2.07. The smallest absolute Gasteiger partial charge is 0.335 e. The summed E-state index contributed by atoms with van der Waals surface area (Å²) in [6.45, 7) is 3.77. The first-order valence-corrected chi connectivity index (χ1v) is 10.3. The summed E-state index contributed by atoms with van der Waals surface area (Å²) in [7, 11) is 0. The normalized spacial score (nSPS) is 11.1. The Balaban J connectivity index is 1.65. The second kappa shape index (κ2) is 8.96. The van der Waals surface area contributed by atoms with Gasteiger partial charge in [0.15, 0.2) is 0 Å². The van der Waals surface area contributed by atoms with Crippen molar-refractivity contribution in [2.75, 3.05) is 0 Å². The highest BCUT2D eigenvalue weighted by atomic mass is 16.4. The molecule has 2 N–H and O–H groups in total.